The SMILES string of the molecule is CCCCOc1c(Cl)cccc1CC(N)CC. The molecule has 1 unspecified atom stereocenters. The number of hydrogen-bond donors (Lipinski definition) is 1. The van der Waals surface area contributed by atoms with Crippen molar-refractivity contribution in [1.82, 2.24) is 0 Å². The molecule has 1 aromatic rings. The molecule has 0 aliphatic rings. The van der Waals surface area contributed by atoms with Crippen LogP contribution >= 0.6 is 11.6 Å². The lowest BCUT2D eigenvalue weighted by Crippen LogP contribution is -2.21. The molecule has 0 amide bonds. The largest absolute Gasteiger partial charge is 0.492 e. The molecular weight excluding hydrogens is 234 g/mol. The van der Waals surface area contributed by atoms with Crippen molar-refractivity contribution >= 4 is 11.6 Å². The van der Waals surface area contributed by atoms with Crippen LogP contribution in [0.4, 0.5) is 0 Å². The average Bonchev–Trinajstić information content (AvgIpc) is 2.32. The fraction of sp³-hybridized carbons (Fsp3) is 0.571. The van der Waals surface area contributed by atoms with Gasteiger partial charge < -0.3 is 10.5 Å². The summed E-state index contributed by atoms with van der Waals surface area (Å²) in [5.74, 6) is 0.812. The van der Waals surface area contributed by atoms with Gasteiger partial charge in [-0.1, -0.05) is 44.0 Å². The van der Waals surface area contributed by atoms with Crippen LogP contribution in [0.25, 0.3) is 0 Å². The van der Waals surface area contributed by atoms with E-state index >= 15 is 0 Å². The van der Waals surface area contributed by atoms with Crippen LogP contribution in [0.1, 0.15) is 38.7 Å². The van der Waals surface area contributed by atoms with E-state index in [-0.39, 0.29) is 6.04 Å². The van der Waals surface area contributed by atoms with E-state index in [0.717, 1.165) is 37.0 Å². The highest BCUT2D eigenvalue weighted by atomic mass is 35.5. The topological polar surface area (TPSA) is 35.2 Å². The van der Waals surface area contributed by atoms with Crippen LogP contribution in [0.3, 0.4) is 0 Å². The number of halogens is 1. The molecule has 1 aromatic carbocycles. The Kier molecular flexibility index (Phi) is 6.38. The Labute approximate surface area is 109 Å². The molecule has 0 saturated heterocycles. The summed E-state index contributed by atoms with van der Waals surface area (Å²) in [5, 5.41) is 0.682. The summed E-state index contributed by atoms with van der Waals surface area (Å²) in [6.45, 7) is 4.95. The molecular formula is C14H22ClNO. The maximum absolute atomic E-state index is 6.17. The second-order valence-corrected chi connectivity index (χ2v) is 4.71. The summed E-state index contributed by atoms with van der Waals surface area (Å²) in [7, 11) is 0. The molecule has 0 radical (unpaired) electrons. The summed E-state index contributed by atoms with van der Waals surface area (Å²) < 4.78 is 5.77. The molecule has 17 heavy (non-hydrogen) atoms. The lowest BCUT2D eigenvalue weighted by atomic mass is 10.0. The van der Waals surface area contributed by atoms with Gasteiger partial charge in [0, 0.05) is 6.04 Å². The Balaban J connectivity index is 2.76. The summed E-state index contributed by atoms with van der Waals surface area (Å²) in [5.41, 5.74) is 7.09. The third-order valence-corrected chi connectivity index (χ3v) is 3.10. The first kappa shape index (κ1) is 14.3. The second kappa shape index (κ2) is 7.57. The van der Waals surface area contributed by atoms with Crippen molar-refractivity contribution < 1.29 is 4.74 Å². The highest BCUT2D eigenvalue weighted by molar-refractivity contribution is 6.32. The van der Waals surface area contributed by atoms with Gasteiger partial charge in [0.2, 0.25) is 0 Å². The van der Waals surface area contributed by atoms with E-state index in [4.69, 9.17) is 22.1 Å². The Bertz CT molecular complexity index is 341. The lowest BCUT2D eigenvalue weighted by Gasteiger charge is -2.15. The van der Waals surface area contributed by atoms with Gasteiger partial charge in [-0.05, 0) is 30.9 Å². The molecule has 96 valence electrons. The molecule has 0 bridgehead atoms. The van der Waals surface area contributed by atoms with E-state index in [1.54, 1.807) is 0 Å². The molecule has 1 atom stereocenters. The van der Waals surface area contributed by atoms with Gasteiger partial charge in [-0.2, -0.15) is 0 Å². The highest BCUT2D eigenvalue weighted by Gasteiger charge is 2.11. The van der Waals surface area contributed by atoms with Crippen molar-refractivity contribution in [2.24, 2.45) is 5.73 Å². The molecule has 3 heteroatoms. The molecule has 0 aliphatic heterocycles. The summed E-state index contributed by atoms with van der Waals surface area (Å²) >= 11 is 6.17. The average molecular weight is 256 g/mol. The van der Waals surface area contributed by atoms with E-state index in [9.17, 15) is 0 Å². The van der Waals surface area contributed by atoms with Gasteiger partial charge in [-0.15, -0.1) is 0 Å². The molecule has 0 aromatic heterocycles. The number of rotatable bonds is 7. The monoisotopic (exact) mass is 255 g/mol. The number of para-hydroxylation sites is 1. The first-order chi connectivity index (χ1) is 8.19. The van der Waals surface area contributed by atoms with Crippen LogP contribution in [0.15, 0.2) is 18.2 Å². The van der Waals surface area contributed by atoms with Crippen molar-refractivity contribution in [3.05, 3.63) is 28.8 Å². The number of benzene rings is 1. The van der Waals surface area contributed by atoms with Gasteiger partial charge in [-0.3, -0.25) is 0 Å². The van der Waals surface area contributed by atoms with E-state index in [1.165, 1.54) is 0 Å². The number of unbranched alkanes of at least 4 members (excludes halogenated alkanes) is 1. The molecule has 2 nitrogen and oxygen atoms in total. The van der Waals surface area contributed by atoms with Crippen LogP contribution < -0.4 is 10.5 Å². The minimum Gasteiger partial charge on any atom is -0.492 e. The fourth-order valence-electron chi connectivity index (χ4n) is 1.62. The fourth-order valence-corrected chi connectivity index (χ4v) is 1.87. The highest BCUT2D eigenvalue weighted by Crippen LogP contribution is 2.29. The predicted octanol–water partition coefficient (Wildman–Crippen LogP) is 3.80. The third-order valence-electron chi connectivity index (χ3n) is 2.80. The zero-order valence-corrected chi connectivity index (χ0v) is 11.5. The Morgan fingerprint density at radius 1 is 1.35 bits per heavy atom. The van der Waals surface area contributed by atoms with Gasteiger partial charge in [0.05, 0.1) is 11.6 Å². The van der Waals surface area contributed by atoms with E-state index < -0.39 is 0 Å². The molecule has 2 N–H and O–H groups in total. The van der Waals surface area contributed by atoms with Crippen LogP contribution in [0, 0.1) is 0 Å². The maximum atomic E-state index is 6.17. The smallest absolute Gasteiger partial charge is 0.141 e. The molecule has 0 fully saturated rings. The summed E-state index contributed by atoms with van der Waals surface area (Å²) in [6, 6.07) is 6.03. The van der Waals surface area contributed by atoms with Crippen molar-refractivity contribution in [1.29, 1.82) is 0 Å². The molecule has 1 rings (SSSR count). The minimum atomic E-state index is 0.169. The summed E-state index contributed by atoms with van der Waals surface area (Å²) in [4.78, 5) is 0. The predicted molar refractivity (Wildman–Crippen MR) is 73.8 cm³/mol. The zero-order chi connectivity index (χ0) is 12.7. The molecule has 0 aliphatic carbocycles. The molecule has 0 saturated carbocycles. The van der Waals surface area contributed by atoms with Gasteiger partial charge in [0.25, 0.3) is 0 Å². The van der Waals surface area contributed by atoms with Crippen LogP contribution in [0.5, 0.6) is 5.75 Å². The Morgan fingerprint density at radius 3 is 2.76 bits per heavy atom. The van der Waals surface area contributed by atoms with E-state index in [0.29, 0.717) is 11.6 Å². The second-order valence-electron chi connectivity index (χ2n) is 4.30. The quantitative estimate of drug-likeness (QED) is 0.753. The van der Waals surface area contributed by atoms with E-state index in [2.05, 4.69) is 13.8 Å². The first-order valence-corrected chi connectivity index (χ1v) is 6.72. The van der Waals surface area contributed by atoms with Crippen molar-refractivity contribution in [3.8, 4) is 5.75 Å². The van der Waals surface area contributed by atoms with Gasteiger partial charge >= 0.3 is 0 Å². The van der Waals surface area contributed by atoms with Crippen LogP contribution in [-0.4, -0.2) is 12.6 Å². The van der Waals surface area contributed by atoms with Gasteiger partial charge in [0.15, 0.2) is 0 Å². The van der Waals surface area contributed by atoms with Crippen molar-refractivity contribution in [2.45, 2.75) is 45.6 Å². The third kappa shape index (κ3) is 4.57. The normalized spacial score (nSPS) is 12.5. The lowest BCUT2D eigenvalue weighted by molar-refractivity contribution is 0.305. The number of hydrogen-bond acceptors (Lipinski definition) is 2. The minimum absolute atomic E-state index is 0.169. The maximum Gasteiger partial charge on any atom is 0.141 e. The van der Waals surface area contributed by atoms with Crippen LogP contribution in [-0.2, 0) is 6.42 Å². The van der Waals surface area contributed by atoms with Crippen molar-refractivity contribution in [2.75, 3.05) is 6.61 Å². The Morgan fingerprint density at radius 2 is 2.12 bits per heavy atom. The molecule has 0 spiro atoms. The van der Waals surface area contributed by atoms with Gasteiger partial charge in [-0.25, -0.2) is 0 Å². The van der Waals surface area contributed by atoms with Crippen molar-refractivity contribution in [3.63, 3.8) is 0 Å². The number of ether oxygens (including phenoxy) is 1. The zero-order valence-electron chi connectivity index (χ0n) is 10.7. The Hall–Kier alpha value is -0.730. The standard InChI is InChI=1S/C14H22ClNO/c1-3-5-9-17-14-11(10-12(16)4-2)7-6-8-13(14)15/h6-8,12H,3-5,9-10,16H2,1-2H3. The van der Waals surface area contributed by atoms with E-state index in [1.807, 2.05) is 18.2 Å². The first-order valence-electron chi connectivity index (χ1n) is 6.34. The number of nitrogens with two attached hydrogens (primary N) is 1. The summed E-state index contributed by atoms with van der Waals surface area (Å²) in [6.07, 6.45) is 3.94. The molecule has 0 heterocycles. The van der Waals surface area contributed by atoms with Gasteiger partial charge in [0.1, 0.15) is 5.75 Å². The van der Waals surface area contributed by atoms with Crippen LogP contribution in [0.2, 0.25) is 5.02 Å².